The summed E-state index contributed by atoms with van der Waals surface area (Å²) >= 11 is 0. The van der Waals surface area contributed by atoms with Crippen molar-refractivity contribution in [1.29, 1.82) is 0 Å². The van der Waals surface area contributed by atoms with Crippen LogP contribution >= 0.6 is 0 Å². The number of fused-ring (bicyclic) bond motifs is 1. The largest absolute Gasteiger partial charge is 0.395 e. The number of hydrogen-bond donors (Lipinski definition) is 3. The Bertz CT molecular complexity index is 939. The zero-order valence-corrected chi connectivity index (χ0v) is 15.8. The van der Waals surface area contributed by atoms with E-state index in [1.54, 1.807) is 11.1 Å². The summed E-state index contributed by atoms with van der Waals surface area (Å²) < 4.78 is 0. The summed E-state index contributed by atoms with van der Waals surface area (Å²) in [6.07, 6.45) is 2.04. The summed E-state index contributed by atoms with van der Waals surface area (Å²) in [6, 6.07) is 4.19. The first kappa shape index (κ1) is 18.2. The molecule has 1 aromatic carbocycles. The van der Waals surface area contributed by atoms with E-state index in [1.807, 2.05) is 13.8 Å². The molecule has 0 aliphatic heterocycles. The predicted molar refractivity (Wildman–Crippen MR) is 102 cm³/mol. The van der Waals surface area contributed by atoms with Crippen molar-refractivity contribution < 1.29 is 9.90 Å². The highest BCUT2D eigenvalue weighted by Gasteiger charge is 2.20. The number of benzene rings is 1. The van der Waals surface area contributed by atoms with E-state index < -0.39 is 0 Å². The average molecular weight is 354 g/mol. The minimum absolute atomic E-state index is 0.00351. The van der Waals surface area contributed by atoms with Gasteiger partial charge in [-0.2, -0.15) is 0 Å². The van der Waals surface area contributed by atoms with E-state index in [-0.39, 0.29) is 12.5 Å². The zero-order valence-electron chi connectivity index (χ0n) is 15.8. The molecule has 1 amide bonds. The number of aromatic nitrogens is 3. The quantitative estimate of drug-likeness (QED) is 0.636. The summed E-state index contributed by atoms with van der Waals surface area (Å²) in [7, 11) is 0. The molecule has 0 radical (unpaired) electrons. The van der Waals surface area contributed by atoms with Crippen LogP contribution in [0.5, 0.6) is 0 Å². The Morgan fingerprint density at radius 2 is 1.88 bits per heavy atom. The van der Waals surface area contributed by atoms with Crippen molar-refractivity contribution in [1.82, 2.24) is 19.9 Å². The van der Waals surface area contributed by atoms with Gasteiger partial charge in [0.25, 0.3) is 0 Å². The molecule has 6 heteroatoms. The summed E-state index contributed by atoms with van der Waals surface area (Å²) in [4.78, 5) is 25.4. The number of carbonyl (C=O) groups is 1. The molecule has 0 spiro atoms. The Labute approximate surface area is 153 Å². The average Bonchev–Trinajstić information content (AvgIpc) is 3.15. The first-order valence-corrected chi connectivity index (χ1v) is 8.87. The van der Waals surface area contributed by atoms with Crippen molar-refractivity contribution in [3.05, 3.63) is 52.2 Å². The van der Waals surface area contributed by atoms with Crippen LogP contribution in [0.1, 0.15) is 33.9 Å². The molecule has 3 N–H and O–H groups in total. The molecule has 3 rings (SSSR count). The molecule has 0 saturated heterocycles. The number of nitrogens with zero attached hydrogens (tertiary/aromatic N) is 2. The smallest absolute Gasteiger partial charge is 0.227 e. The van der Waals surface area contributed by atoms with E-state index in [0.29, 0.717) is 19.5 Å². The van der Waals surface area contributed by atoms with Gasteiger partial charge in [-0.3, -0.25) is 4.79 Å². The molecule has 0 bridgehead atoms. The lowest BCUT2D eigenvalue weighted by Crippen LogP contribution is -2.34. The molecule has 3 aromatic rings. The lowest BCUT2D eigenvalue weighted by molar-refractivity contribution is -0.131. The van der Waals surface area contributed by atoms with E-state index in [2.05, 4.69) is 40.9 Å². The number of hydrogen-bond acceptors (Lipinski definition) is 3. The van der Waals surface area contributed by atoms with Crippen molar-refractivity contribution in [3.8, 4) is 0 Å². The molecule has 0 atom stereocenters. The number of imidazole rings is 1. The normalized spacial score (nSPS) is 11.3. The summed E-state index contributed by atoms with van der Waals surface area (Å²) in [5, 5.41) is 10.5. The van der Waals surface area contributed by atoms with Crippen LogP contribution in [0.25, 0.3) is 10.9 Å². The van der Waals surface area contributed by atoms with Crippen molar-refractivity contribution >= 4 is 16.8 Å². The van der Waals surface area contributed by atoms with Gasteiger partial charge in [-0.05, 0) is 44.4 Å². The molecule has 2 heterocycles. The Morgan fingerprint density at radius 3 is 2.54 bits per heavy atom. The van der Waals surface area contributed by atoms with Crippen molar-refractivity contribution in [2.45, 2.75) is 40.7 Å². The van der Waals surface area contributed by atoms with E-state index in [1.165, 1.54) is 5.56 Å². The second-order valence-corrected chi connectivity index (χ2v) is 6.89. The number of aryl methyl sites for hydroxylation is 4. The monoisotopic (exact) mass is 354 g/mol. The van der Waals surface area contributed by atoms with Crippen molar-refractivity contribution in [2.24, 2.45) is 0 Å². The van der Waals surface area contributed by atoms with E-state index in [0.717, 1.165) is 39.2 Å². The minimum Gasteiger partial charge on any atom is -0.395 e. The fraction of sp³-hybridized carbons (Fsp3) is 0.400. The lowest BCUT2D eigenvalue weighted by atomic mass is 10.0. The number of carbonyl (C=O) groups excluding carboxylic acids is 1. The number of nitrogens with one attached hydrogen (secondary N) is 2. The van der Waals surface area contributed by atoms with Gasteiger partial charge in [-0.25, -0.2) is 4.98 Å². The van der Waals surface area contributed by atoms with Gasteiger partial charge in [0, 0.05) is 23.1 Å². The molecule has 6 nitrogen and oxygen atoms in total. The molecule has 0 aliphatic rings. The highest BCUT2D eigenvalue weighted by molar-refractivity contribution is 5.93. The Kier molecular flexibility index (Phi) is 5.13. The number of H-pyrrole nitrogens is 2. The number of aliphatic hydroxyl groups excluding tert-OH is 1. The predicted octanol–water partition coefficient (Wildman–Crippen LogP) is 2.69. The van der Waals surface area contributed by atoms with Gasteiger partial charge in [0.15, 0.2) is 0 Å². The number of rotatable bonds is 6. The van der Waals surface area contributed by atoms with Crippen molar-refractivity contribution in [2.75, 3.05) is 13.2 Å². The standard InChI is InChI=1S/C20H26N4O2/c1-12-5-6-13(2)20-19(12)17(14(3)22-20)9-18(26)24(7-8-25)11-16-10-21-15(4)23-16/h5-6,10,22,25H,7-9,11H2,1-4H3,(H,21,23). The van der Waals surface area contributed by atoms with E-state index in [9.17, 15) is 9.90 Å². The van der Waals surface area contributed by atoms with Crippen LogP contribution in [0, 0.1) is 27.7 Å². The van der Waals surface area contributed by atoms with Crippen molar-refractivity contribution in [3.63, 3.8) is 0 Å². The second-order valence-electron chi connectivity index (χ2n) is 6.89. The summed E-state index contributed by atoms with van der Waals surface area (Å²) in [5.74, 6) is 0.811. The Balaban J connectivity index is 1.89. The molecule has 2 aromatic heterocycles. The summed E-state index contributed by atoms with van der Waals surface area (Å²) in [6.45, 7) is 8.68. The third-order valence-electron chi connectivity index (χ3n) is 4.86. The maximum atomic E-state index is 13.0. The minimum atomic E-state index is -0.0656. The van der Waals surface area contributed by atoms with Gasteiger partial charge in [-0.1, -0.05) is 12.1 Å². The van der Waals surface area contributed by atoms with Gasteiger partial charge in [0.2, 0.25) is 5.91 Å². The topological polar surface area (TPSA) is 85.0 Å². The van der Waals surface area contributed by atoms with Gasteiger partial charge >= 0.3 is 0 Å². The second kappa shape index (κ2) is 7.33. The van der Waals surface area contributed by atoms with Crippen LogP contribution < -0.4 is 0 Å². The van der Waals surface area contributed by atoms with Crippen LogP contribution in [0.4, 0.5) is 0 Å². The van der Waals surface area contributed by atoms with Crippen LogP contribution in [0.2, 0.25) is 0 Å². The molecule has 0 unspecified atom stereocenters. The summed E-state index contributed by atoms with van der Waals surface area (Å²) in [5.41, 5.74) is 6.36. The fourth-order valence-corrected chi connectivity index (χ4v) is 3.47. The van der Waals surface area contributed by atoms with Crippen LogP contribution in [0.3, 0.4) is 0 Å². The third-order valence-corrected chi connectivity index (χ3v) is 4.86. The SMILES string of the molecule is Cc1ncc(CN(CCO)C(=O)Cc2c(C)[nH]c3c(C)ccc(C)c23)[nH]1. The first-order valence-electron chi connectivity index (χ1n) is 8.87. The molecule has 138 valence electrons. The lowest BCUT2D eigenvalue weighted by Gasteiger charge is -2.21. The molecular weight excluding hydrogens is 328 g/mol. The number of aliphatic hydroxyl groups is 1. The van der Waals surface area contributed by atoms with Crippen LogP contribution in [0.15, 0.2) is 18.3 Å². The number of aromatic amines is 2. The maximum absolute atomic E-state index is 13.0. The zero-order chi connectivity index (χ0) is 18.8. The van der Waals surface area contributed by atoms with Gasteiger partial charge in [0.1, 0.15) is 5.82 Å². The van der Waals surface area contributed by atoms with Crippen LogP contribution in [-0.4, -0.2) is 44.0 Å². The van der Waals surface area contributed by atoms with Crippen LogP contribution in [-0.2, 0) is 17.8 Å². The van der Waals surface area contributed by atoms with Gasteiger partial charge in [0.05, 0.1) is 31.5 Å². The molecule has 26 heavy (non-hydrogen) atoms. The fourth-order valence-electron chi connectivity index (χ4n) is 3.47. The Morgan fingerprint density at radius 1 is 1.15 bits per heavy atom. The molecule has 0 saturated carbocycles. The van der Waals surface area contributed by atoms with E-state index in [4.69, 9.17) is 0 Å². The number of amides is 1. The maximum Gasteiger partial charge on any atom is 0.227 e. The first-order chi connectivity index (χ1) is 12.4. The molecule has 0 fully saturated rings. The highest BCUT2D eigenvalue weighted by atomic mass is 16.3. The third kappa shape index (κ3) is 3.51. The van der Waals surface area contributed by atoms with E-state index >= 15 is 0 Å². The molecule has 0 aliphatic carbocycles. The Hall–Kier alpha value is -2.60. The molecular formula is C20H26N4O2. The van der Waals surface area contributed by atoms with Gasteiger partial charge in [-0.15, -0.1) is 0 Å². The van der Waals surface area contributed by atoms with Gasteiger partial charge < -0.3 is 20.0 Å². The highest BCUT2D eigenvalue weighted by Crippen LogP contribution is 2.28.